The van der Waals surface area contributed by atoms with Crippen LogP contribution >= 0.6 is 0 Å². The highest BCUT2D eigenvalue weighted by Gasteiger charge is 2.03. The first-order valence-electron chi connectivity index (χ1n) is 7.21. The zero-order chi connectivity index (χ0) is 13.9. The summed E-state index contributed by atoms with van der Waals surface area (Å²) in [6, 6.07) is 25.0. The Labute approximate surface area is 121 Å². The van der Waals surface area contributed by atoms with Gasteiger partial charge in [-0.15, -0.1) is 0 Å². The van der Waals surface area contributed by atoms with Crippen LogP contribution in [0.3, 0.4) is 0 Å². The largest absolute Gasteiger partial charge is 0.0613 e. The second-order valence-corrected chi connectivity index (χ2v) is 5.62. The van der Waals surface area contributed by atoms with Gasteiger partial charge in [0.2, 0.25) is 0 Å². The highest BCUT2D eigenvalue weighted by Crippen LogP contribution is 2.22. The van der Waals surface area contributed by atoms with E-state index in [1.807, 2.05) is 6.07 Å². The molecule has 1 radical (unpaired) electrons. The van der Waals surface area contributed by atoms with Crippen molar-refractivity contribution in [3.63, 3.8) is 0 Å². The Morgan fingerprint density at radius 2 is 1.70 bits per heavy atom. The molecule has 0 atom stereocenters. The highest BCUT2D eigenvalue weighted by molar-refractivity contribution is 5.85. The number of fused-ring (bicyclic) bond motifs is 1. The number of benzene rings is 3. The molecule has 3 rings (SSSR count). The van der Waals surface area contributed by atoms with E-state index >= 15 is 0 Å². The van der Waals surface area contributed by atoms with Crippen LogP contribution < -0.4 is 0 Å². The first-order chi connectivity index (χ1) is 9.74. The average Bonchev–Trinajstić information content (AvgIpc) is 2.48. The van der Waals surface area contributed by atoms with E-state index in [-0.39, 0.29) is 0 Å². The second-order valence-electron chi connectivity index (χ2n) is 5.62. The van der Waals surface area contributed by atoms with E-state index in [0.717, 1.165) is 6.42 Å². The molecule has 0 saturated carbocycles. The summed E-state index contributed by atoms with van der Waals surface area (Å²) in [6.45, 7) is 4.46. The summed E-state index contributed by atoms with van der Waals surface area (Å²) in [5.41, 5.74) is 4.14. The molecule has 99 valence electrons. The van der Waals surface area contributed by atoms with Crippen LogP contribution in [0.15, 0.2) is 60.7 Å². The van der Waals surface area contributed by atoms with Gasteiger partial charge >= 0.3 is 0 Å². The van der Waals surface area contributed by atoms with Crippen molar-refractivity contribution < 1.29 is 0 Å². The summed E-state index contributed by atoms with van der Waals surface area (Å²) >= 11 is 0. The minimum atomic E-state index is 0.594. The van der Waals surface area contributed by atoms with Gasteiger partial charge in [-0.25, -0.2) is 0 Å². The van der Waals surface area contributed by atoms with Crippen molar-refractivity contribution in [1.29, 1.82) is 0 Å². The minimum absolute atomic E-state index is 0.594. The molecule has 0 aromatic heterocycles. The Hall–Kier alpha value is -2.08. The average molecular weight is 259 g/mol. The fraction of sp³-hybridized carbons (Fsp3) is 0.200. The lowest BCUT2D eigenvalue weighted by molar-refractivity contribution is 0.865. The summed E-state index contributed by atoms with van der Waals surface area (Å²) in [7, 11) is 0. The third-order valence-corrected chi connectivity index (χ3v) is 3.84. The lowest BCUT2D eigenvalue weighted by Crippen LogP contribution is -1.92. The monoisotopic (exact) mass is 259 g/mol. The summed E-state index contributed by atoms with van der Waals surface area (Å²) < 4.78 is 0. The second kappa shape index (κ2) is 5.50. The molecule has 0 heterocycles. The van der Waals surface area contributed by atoms with Crippen molar-refractivity contribution in [2.75, 3.05) is 0 Å². The lowest BCUT2D eigenvalue weighted by atomic mass is 9.96. The summed E-state index contributed by atoms with van der Waals surface area (Å²) in [5, 5.41) is 2.51. The Balaban J connectivity index is 1.93. The molecule has 0 spiro atoms. The molecule has 0 aliphatic heterocycles. The van der Waals surface area contributed by atoms with E-state index in [1.54, 1.807) is 0 Å². The molecule has 0 saturated heterocycles. The maximum atomic E-state index is 3.30. The predicted octanol–water partition coefficient (Wildman–Crippen LogP) is 5.35. The first kappa shape index (κ1) is 12.9. The quantitative estimate of drug-likeness (QED) is 0.594. The molecule has 0 fully saturated rings. The standard InChI is InChI=1S/C20H19/c1-15(2)17-12-10-16(11-13-17)14-19-8-5-7-18-6-3-4-9-20(18)19/h3-5,7-13,15H,14H2,1-2H3. The van der Waals surface area contributed by atoms with Gasteiger partial charge in [0.15, 0.2) is 0 Å². The fourth-order valence-electron chi connectivity index (χ4n) is 2.61. The van der Waals surface area contributed by atoms with Crippen molar-refractivity contribution in [2.45, 2.75) is 26.2 Å². The minimum Gasteiger partial charge on any atom is -0.0613 e. The van der Waals surface area contributed by atoms with Gasteiger partial charge in [0.25, 0.3) is 0 Å². The van der Waals surface area contributed by atoms with E-state index in [4.69, 9.17) is 0 Å². The molecule has 0 aliphatic rings. The molecule has 0 bridgehead atoms. The molecule has 3 aromatic carbocycles. The molecular weight excluding hydrogens is 240 g/mol. The van der Waals surface area contributed by atoms with Crippen LogP contribution in [0, 0.1) is 6.07 Å². The van der Waals surface area contributed by atoms with Crippen LogP contribution in [0.1, 0.15) is 36.5 Å². The van der Waals surface area contributed by atoms with Crippen molar-refractivity contribution in [3.8, 4) is 0 Å². The van der Waals surface area contributed by atoms with E-state index in [9.17, 15) is 0 Å². The van der Waals surface area contributed by atoms with Gasteiger partial charge in [-0.3, -0.25) is 0 Å². The van der Waals surface area contributed by atoms with Crippen LogP contribution in [0.25, 0.3) is 10.8 Å². The smallest absolute Gasteiger partial charge is 0.00196 e. The van der Waals surface area contributed by atoms with Gasteiger partial charge in [0, 0.05) is 0 Å². The van der Waals surface area contributed by atoms with Crippen molar-refractivity contribution in [1.82, 2.24) is 0 Å². The molecule has 0 amide bonds. The Morgan fingerprint density at radius 1 is 0.900 bits per heavy atom. The van der Waals surface area contributed by atoms with Gasteiger partial charge in [0.05, 0.1) is 0 Å². The van der Waals surface area contributed by atoms with Crippen LogP contribution in [0.2, 0.25) is 0 Å². The maximum absolute atomic E-state index is 3.30. The summed E-state index contributed by atoms with van der Waals surface area (Å²) in [6.07, 6.45) is 0.980. The zero-order valence-electron chi connectivity index (χ0n) is 12.1. The summed E-state index contributed by atoms with van der Waals surface area (Å²) in [4.78, 5) is 0. The normalized spacial score (nSPS) is 11.2. The molecule has 0 unspecified atom stereocenters. The first-order valence-corrected chi connectivity index (χ1v) is 7.21. The maximum Gasteiger partial charge on any atom is -0.00196 e. The van der Waals surface area contributed by atoms with Gasteiger partial charge in [-0.1, -0.05) is 74.5 Å². The van der Waals surface area contributed by atoms with E-state index in [1.165, 1.54) is 27.5 Å². The number of hydrogen-bond donors (Lipinski definition) is 0. The Morgan fingerprint density at radius 3 is 2.45 bits per heavy atom. The lowest BCUT2D eigenvalue weighted by Gasteiger charge is -2.09. The van der Waals surface area contributed by atoms with E-state index in [0.29, 0.717) is 5.92 Å². The third-order valence-electron chi connectivity index (χ3n) is 3.84. The van der Waals surface area contributed by atoms with Crippen LogP contribution in [0.5, 0.6) is 0 Å². The zero-order valence-corrected chi connectivity index (χ0v) is 12.1. The number of rotatable bonds is 3. The highest BCUT2D eigenvalue weighted by atomic mass is 14.1. The van der Waals surface area contributed by atoms with Gasteiger partial charge < -0.3 is 0 Å². The SMILES string of the molecule is CC(C)c1ccc(Cc2cccc3[c]cccc23)cc1. The molecule has 20 heavy (non-hydrogen) atoms. The van der Waals surface area contributed by atoms with Crippen molar-refractivity contribution in [2.24, 2.45) is 0 Å². The van der Waals surface area contributed by atoms with E-state index in [2.05, 4.69) is 74.5 Å². The van der Waals surface area contributed by atoms with Crippen LogP contribution in [0.4, 0.5) is 0 Å². The molecular formula is C20H19. The van der Waals surface area contributed by atoms with Crippen molar-refractivity contribution in [3.05, 3.63) is 83.4 Å². The van der Waals surface area contributed by atoms with Gasteiger partial charge in [-0.2, -0.15) is 0 Å². The molecule has 0 nitrogen and oxygen atoms in total. The Kier molecular flexibility index (Phi) is 3.56. The van der Waals surface area contributed by atoms with E-state index < -0.39 is 0 Å². The van der Waals surface area contributed by atoms with Crippen LogP contribution in [-0.2, 0) is 6.42 Å². The molecule has 3 aromatic rings. The van der Waals surface area contributed by atoms with Gasteiger partial charge in [0.1, 0.15) is 0 Å². The van der Waals surface area contributed by atoms with Crippen molar-refractivity contribution >= 4 is 10.8 Å². The summed E-state index contributed by atoms with van der Waals surface area (Å²) in [5.74, 6) is 0.594. The Bertz CT molecular complexity index is 700. The molecule has 0 aliphatic carbocycles. The third kappa shape index (κ3) is 2.60. The topological polar surface area (TPSA) is 0 Å². The van der Waals surface area contributed by atoms with Crippen LogP contribution in [-0.4, -0.2) is 0 Å². The fourth-order valence-corrected chi connectivity index (χ4v) is 2.61. The predicted molar refractivity (Wildman–Crippen MR) is 86.1 cm³/mol. The molecule has 0 N–H and O–H groups in total. The number of hydrogen-bond acceptors (Lipinski definition) is 0. The van der Waals surface area contributed by atoms with Gasteiger partial charge in [-0.05, 0) is 45.9 Å². The molecule has 0 heteroatoms.